The van der Waals surface area contributed by atoms with Gasteiger partial charge in [0.2, 0.25) is 0 Å². The Kier molecular flexibility index (Phi) is 5.72. The van der Waals surface area contributed by atoms with Crippen LogP contribution in [0.15, 0.2) is 18.2 Å². The minimum Gasteiger partial charge on any atom is -0.329 e. The van der Waals surface area contributed by atoms with Gasteiger partial charge in [-0.15, -0.1) is 0 Å². The van der Waals surface area contributed by atoms with Crippen LogP contribution in [0.4, 0.5) is 0 Å². The normalized spacial score (nSPS) is 13.1. The summed E-state index contributed by atoms with van der Waals surface area (Å²) in [6.07, 6.45) is 0. The van der Waals surface area contributed by atoms with E-state index in [4.69, 9.17) is 5.73 Å². The number of hydrogen-bond donors (Lipinski definition) is 2. The molecule has 0 aliphatic heterocycles. The molecule has 0 saturated carbocycles. The molecule has 0 aliphatic carbocycles. The van der Waals surface area contributed by atoms with E-state index in [1.54, 1.807) is 0 Å². The molecule has 1 unspecified atom stereocenters. The second kappa shape index (κ2) is 6.57. The molecular formula is C13H21IN2. The number of rotatable bonds is 5. The van der Waals surface area contributed by atoms with Gasteiger partial charge in [0.25, 0.3) is 0 Å². The average Bonchev–Trinajstić information content (AvgIpc) is 2.24. The summed E-state index contributed by atoms with van der Waals surface area (Å²) in [5, 5.41) is 3.52. The van der Waals surface area contributed by atoms with Gasteiger partial charge in [-0.2, -0.15) is 0 Å². The Hall–Kier alpha value is -0.130. The fourth-order valence-electron chi connectivity index (χ4n) is 1.68. The summed E-state index contributed by atoms with van der Waals surface area (Å²) in [6, 6.07) is 6.84. The topological polar surface area (TPSA) is 38.0 Å². The number of hydrogen-bond acceptors (Lipinski definition) is 2. The molecule has 0 spiro atoms. The maximum atomic E-state index is 5.74. The monoisotopic (exact) mass is 332 g/mol. The highest BCUT2D eigenvalue weighted by Gasteiger charge is 2.11. The van der Waals surface area contributed by atoms with E-state index < -0.39 is 0 Å². The molecule has 1 aromatic rings. The molecule has 16 heavy (non-hydrogen) atoms. The summed E-state index contributed by atoms with van der Waals surface area (Å²) in [5.74, 6) is 0.576. The van der Waals surface area contributed by atoms with Crippen molar-refractivity contribution in [1.29, 1.82) is 0 Å². The number of nitrogens with two attached hydrogens (primary N) is 1. The minimum absolute atomic E-state index is 0.399. The van der Waals surface area contributed by atoms with Crippen molar-refractivity contribution in [2.24, 2.45) is 11.7 Å². The number of nitrogens with one attached hydrogen (secondary N) is 1. The molecule has 1 atom stereocenters. The van der Waals surface area contributed by atoms with Gasteiger partial charge in [0.1, 0.15) is 0 Å². The van der Waals surface area contributed by atoms with Crippen molar-refractivity contribution in [1.82, 2.24) is 5.32 Å². The Morgan fingerprint density at radius 1 is 1.38 bits per heavy atom. The first-order valence-electron chi connectivity index (χ1n) is 5.73. The van der Waals surface area contributed by atoms with Crippen molar-refractivity contribution < 1.29 is 0 Å². The molecule has 1 aromatic carbocycles. The van der Waals surface area contributed by atoms with E-state index in [-0.39, 0.29) is 0 Å². The Bertz CT molecular complexity index is 337. The Morgan fingerprint density at radius 2 is 2.06 bits per heavy atom. The van der Waals surface area contributed by atoms with Crippen LogP contribution in [0.1, 0.15) is 25.0 Å². The first-order chi connectivity index (χ1) is 7.56. The van der Waals surface area contributed by atoms with Gasteiger partial charge < -0.3 is 11.1 Å². The van der Waals surface area contributed by atoms with Crippen molar-refractivity contribution in [3.05, 3.63) is 32.9 Å². The van der Waals surface area contributed by atoms with Crippen molar-refractivity contribution in [2.75, 3.05) is 6.54 Å². The predicted octanol–water partition coefficient (Wildman–Crippen LogP) is 2.67. The van der Waals surface area contributed by atoms with Gasteiger partial charge >= 0.3 is 0 Å². The standard InChI is InChI=1S/C13H21IN2/c1-9(2)12(7-15)16-8-11-6-4-5-10(3)13(11)14/h4-6,9,12,16H,7-8,15H2,1-3H3. The molecule has 0 aliphatic rings. The summed E-state index contributed by atoms with van der Waals surface area (Å²) < 4.78 is 1.35. The van der Waals surface area contributed by atoms with Gasteiger partial charge in [-0.05, 0) is 46.6 Å². The third kappa shape index (κ3) is 3.71. The van der Waals surface area contributed by atoms with E-state index in [1.807, 2.05) is 0 Å². The summed E-state index contributed by atoms with van der Waals surface area (Å²) in [7, 11) is 0. The molecule has 0 aromatic heterocycles. The first kappa shape index (κ1) is 13.9. The number of halogens is 1. The largest absolute Gasteiger partial charge is 0.329 e. The van der Waals surface area contributed by atoms with E-state index >= 15 is 0 Å². The lowest BCUT2D eigenvalue weighted by molar-refractivity contribution is 0.404. The van der Waals surface area contributed by atoms with E-state index in [2.05, 4.69) is 66.9 Å². The minimum atomic E-state index is 0.399. The van der Waals surface area contributed by atoms with Gasteiger partial charge in [-0.1, -0.05) is 32.0 Å². The van der Waals surface area contributed by atoms with Gasteiger partial charge in [-0.25, -0.2) is 0 Å². The zero-order chi connectivity index (χ0) is 12.1. The molecule has 3 N–H and O–H groups in total. The van der Waals surface area contributed by atoms with Crippen LogP contribution in [0, 0.1) is 16.4 Å². The average molecular weight is 332 g/mol. The van der Waals surface area contributed by atoms with Crippen molar-refractivity contribution in [2.45, 2.75) is 33.4 Å². The quantitative estimate of drug-likeness (QED) is 0.814. The van der Waals surface area contributed by atoms with Crippen LogP contribution < -0.4 is 11.1 Å². The first-order valence-corrected chi connectivity index (χ1v) is 6.81. The third-order valence-electron chi connectivity index (χ3n) is 2.89. The molecule has 90 valence electrons. The molecule has 2 nitrogen and oxygen atoms in total. The molecule has 3 heteroatoms. The fourth-order valence-corrected chi connectivity index (χ4v) is 2.23. The van der Waals surface area contributed by atoms with Gasteiger partial charge in [0, 0.05) is 22.7 Å². The van der Waals surface area contributed by atoms with Gasteiger partial charge in [-0.3, -0.25) is 0 Å². The van der Waals surface area contributed by atoms with E-state index in [1.165, 1.54) is 14.7 Å². The van der Waals surface area contributed by atoms with Crippen LogP contribution in [-0.4, -0.2) is 12.6 Å². The van der Waals surface area contributed by atoms with Crippen LogP contribution in [0.25, 0.3) is 0 Å². The van der Waals surface area contributed by atoms with Crippen LogP contribution in [0.3, 0.4) is 0 Å². The summed E-state index contributed by atoms with van der Waals surface area (Å²) >= 11 is 2.41. The summed E-state index contributed by atoms with van der Waals surface area (Å²) in [4.78, 5) is 0. The highest BCUT2D eigenvalue weighted by molar-refractivity contribution is 14.1. The van der Waals surface area contributed by atoms with Crippen LogP contribution in [-0.2, 0) is 6.54 Å². The van der Waals surface area contributed by atoms with Crippen LogP contribution in [0.5, 0.6) is 0 Å². The second-order valence-electron chi connectivity index (χ2n) is 4.52. The van der Waals surface area contributed by atoms with E-state index in [0.29, 0.717) is 18.5 Å². The molecule has 0 fully saturated rings. The van der Waals surface area contributed by atoms with Gasteiger partial charge in [0.05, 0.1) is 0 Å². The van der Waals surface area contributed by atoms with E-state index in [9.17, 15) is 0 Å². The molecule has 0 saturated heterocycles. The highest BCUT2D eigenvalue weighted by Crippen LogP contribution is 2.16. The highest BCUT2D eigenvalue weighted by atomic mass is 127. The third-order valence-corrected chi connectivity index (χ3v) is 4.43. The predicted molar refractivity (Wildman–Crippen MR) is 78.4 cm³/mol. The van der Waals surface area contributed by atoms with Crippen molar-refractivity contribution in [3.8, 4) is 0 Å². The fraction of sp³-hybridized carbons (Fsp3) is 0.538. The second-order valence-corrected chi connectivity index (χ2v) is 5.59. The summed E-state index contributed by atoms with van der Waals surface area (Å²) in [6.45, 7) is 8.14. The molecule has 0 heterocycles. The van der Waals surface area contributed by atoms with E-state index in [0.717, 1.165) is 6.54 Å². The zero-order valence-corrected chi connectivity index (χ0v) is 12.4. The lowest BCUT2D eigenvalue weighted by atomic mass is 10.0. The lowest BCUT2D eigenvalue weighted by Crippen LogP contribution is -2.39. The van der Waals surface area contributed by atoms with Crippen molar-refractivity contribution >= 4 is 22.6 Å². The Labute approximate surface area is 112 Å². The molecule has 0 bridgehead atoms. The molecule has 1 rings (SSSR count). The number of aryl methyl sites for hydroxylation is 1. The van der Waals surface area contributed by atoms with Crippen molar-refractivity contribution in [3.63, 3.8) is 0 Å². The smallest absolute Gasteiger partial charge is 0.0219 e. The number of benzene rings is 1. The lowest BCUT2D eigenvalue weighted by Gasteiger charge is -2.21. The molecule has 0 radical (unpaired) electrons. The summed E-state index contributed by atoms with van der Waals surface area (Å²) in [5.41, 5.74) is 8.44. The van der Waals surface area contributed by atoms with Gasteiger partial charge in [0.15, 0.2) is 0 Å². The molecule has 0 amide bonds. The maximum absolute atomic E-state index is 5.74. The maximum Gasteiger partial charge on any atom is 0.0219 e. The van der Waals surface area contributed by atoms with Crippen LogP contribution in [0.2, 0.25) is 0 Å². The SMILES string of the molecule is Cc1cccc(CNC(CN)C(C)C)c1I. The Morgan fingerprint density at radius 3 is 2.62 bits per heavy atom. The zero-order valence-electron chi connectivity index (χ0n) is 10.3. The Balaban J connectivity index is 2.64. The van der Waals surface area contributed by atoms with Crippen LogP contribution >= 0.6 is 22.6 Å². The molecular weight excluding hydrogens is 311 g/mol.